The minimum atomic E-state index is -3.27. The van der Waals surface area contributed by atoms with Crippen molar-refractivity contribution < 1.29 is 12.9 Å². The Morgan fingerprint density at radius 3 is 2.30 bits per heavy atom. The molecule has 1 saturated heterocycles. The average molecular weight is 341 g/mol. The monoisotopic (exact) mass is 341 g/mol. The van der Waals surface area contributed by atoms with Crippen molar-refractivity contribution in [2.45, 2.75) is 82.2 Å². The maximum atomic E-state index is 12.4. The van der Waals surface area contributed by atoms with E-state index in [0.29, 0.717) is 36.6 Å². The first-order valence-corrected chi connectivity index (χ1v) is 10.5. The van der Waals surface area contributed by atoms with Gasteiger partial charge in [0.1, 0.15) is 4.75 Å². The summed E-state index contributed by atoms with van der Waals surface area (Å²) in [5, 5.41) is 4.09. The Kier molecular flexibility index (Phi) is 4.29. The zero-order chi connectivity index (χ0) is 16.8. The molecule has 23 heavy (non-hydrogen) atoms. The third-order valence-electron chi connectivity index (χ3n) is 5.79. The summed E-state index contributed by atoms with van der Waals surface area (Å²) in [5.74, 6) is 0.898. The van der Waals surface area contributed by atoms with Crippen LogP contribution < -0.4 is 0 Å². The number of hydrogen-bond acceptors (Lipinski definition) is 6. The van der Waals surface area contributed by atoms with Crippen LogP contribution in [0.3, 0.4) is 0 Å². The predicted molar refractivity (Wildman–Crippen MR) is 87.7 cm³/mol. The van der Waals surface area contributed by atoms with Crippen LogP contribution in [-0.2, 0) is 14.6 Å². The number of aromatic nitrogens is 2. The molecule has 1 saturated carbocycles. The summed E-state index contributed by atoms with van der Waals surface area (Å²) in [7, 11) is -3.27. The van der Waals surface area contributed by atoms with Gasteiger partial charge in [0.25, 0.3) is 0 Å². The fraction of sp³-hybridized carbons (Fsp3) is 0.875. The molecular formula is C16H27N3O3S. The Balaban J connectivity index is 1.91. The lowest BCUT2D eigenvalue weighted by Gasteiger charge is -2.30. The molecule has 3 rings (SSSR count). The molecule has 1 aliphatic heterocycles. The predicted octanol–water partition coefficient (Wildman–Crippen LogP) is 2.82. The fourth-order valence-corrected chi connectivity index (χ4v) is 5.85. The van der Waals surface area contributed by atoms with Crippen molar-refractivity contribution in [3.63, 3.8) is 0 Å². The number of nitrogens with zero attached hydrogens (tertiary/aromatic N) is 3. The third-order valence-corrected chi connectivity index (χ3v) is 7.81. The quantitative estimate of drug-likeness (QED) is 0.838. The van der Waals surface area contributed by atoms with Crippen LogP contribution in [0.1, 0.15) is 77.1 Å². The van der Waals surface area contributed by atoms with E-state index in [1.54, 1.807) is 0 Å². The van der Waals surface area contributed by atoms with Crippen molar-refractivity contribution in [1.29, 1.82) is 0 Å². The molecule has 7 heteroatoms. The third kappa shape index (κ3) is 2.71. The average Bonchev–Trinajstić information content (AvgIpc) is 3.17. The van der Waals surface area contributed by atoms with E-state index in [0.717, 1.165) is 12.8 Å². The van der Waals surface area contributed by atoms with E-state index in [1.807, 2.05) is 0 Å². The maximum absolute atomic E-state index is 12.4. The smallest absolute Gasteiger partial charge is 0.243 e. The lowest BCUT2D eigenvalue weighted by atomic mass is 10.1. The van der Waals surface area contributed by atoms with Gasteiger partial charge in [0, 0.05) is 18.3 Å². The summed E-state index contributed by atoms with van der Waals surface area (Å²) in [4.78, 5) is 6.93. The molecule has 0 aromatic carbocycles. The summed E-state index contributed by atoms with van der Waals surface area (Å²) >= 11 is 0. The molecule has 3 atom stereocenters. The minimum absolute atomic E-state index is 0.0155. The molecule has 6 nitrogen and oxygen atoms in total. The van der Waals surface area contributed by atoms with Crippen LogP contribution in [0, 0.1) is 0 Å². The van der Waals surface area contributed by atoms with E-state index < -0.39 is 14.6 Å². The highest BCUT2D eigenvalue weighted by Gasteiger charge is 2.49. The topological polar surface area (TPSA) is 76.3 Å². The van der Waals surface area contributed by atoms with Gasteiger partial charge in [-0.3, -0.25) is 4.90 Å². The highest BCUT2D eigenvalue weighted by Crippen LogP contribution is 2.44. The van der Waals surface area contributed by atoms with Gasteiger partial charge in [-0.05, 0) is 46.5 Å². The number of sulfone groups is 1. The van der Waals surface area contributed by atoms with Gasteiger partial charge in [-0.1, -0.05) is 18.0 Å². The van der Waals surface area contributed by atoms with Gasteiger partial charge in [-0.2, -0.15) is 4.98 Å². The van der Waals surface area contributed by atoms with E-state index in [4.69, 9.17) is 4.52 Å². The molecule has 0 amide bonds. The second kappa shape index (κ2) is 5.84. The second-order valence-corrected chi connectivity index (χ2v) is 9.65. The first-order chi connectivity index (χ1) is 10.8. The normalized spacial score (nSPS) is 29.9. The minimum Gasteiger partial charge on any atom is -0.338 e. The van der Waals surface area contributed by atoms with Gasteiger partial charge in [0.2, 0.25) is 5.89 Å². The molecule has 2 fully saturated rings. The first kappa shape index (κ1) is 16.9. The van der Waals surface area contributed by atoms with Gasteiger partial charge in [0.05, 0.1) is 6.04 Å². The van der Waals surface area contributed by atoms with Crippen molar-refractivity contribution >= 4 is 9.84 Å². The number of rotatable bonds is 4. The van der Waals surface area contributed by atoms with E-state index in [-0.39, 0.29) is 6.04 Å². The van der Waals surface area contributed by atoms with E-state index >= 15 is 0 Å². The summed E-state index contributed by atoms with van der Waals surface area (Å²) in [5.41, 5.74) is 0. The second-order valence-electron chi connectivity index (χ2n) is 7.33. The number of hydrogen-bond donors (Lipinski definition) is 0. The molecule has 0 bridgehead atoms. The van der Waals surface area contributed by atoms with Crippen LogP contribution in [0.15, 0.2) is 4.52 Å². The van der Waals surface area contributed by atoms with Crippen molar-refractivity contribution in [2.75, 3.05) is 6.26 Å². The van der Waals surface area contributed by atoms with E-state index in [2.05, 4.69) is 35.8 Å². The SMILES string of the molecule is CC1CCC(C)N1C(C)c1nc(C2(S(C)(=O)=O)CCCC2)no1. The van der Waals surface area contributed by atoms with Crippen molar-refractivity contribution in [3.8, 4) is 0 Å². The Morgan fingerprint density at radius 2 is 1.78 bits per heavy atom. The van der Waals surface area contributed by atoms with Crippen LogP contribution >= 0.6 is 0 Å². The fourth-order valence-electron chi connectivity index (χ4n) is 4.40. The molecule has 130 valence electrons. The van der Waals surface area contributed by atoms with Crippen LogP contribution in [-0.4, -0.2) is 41.8 Å². The molecule has 3 unspecified atom stereocenters. The largest absolute Gasteiger partial charge is 0.338 e. The molecule has 1 aromatic rings. The maximum Gasteiger partial charge on any atom is 0.243 e. The Bertz CT molecular complexity index is 654. The number of likely N-dealkylation sites (tertiary alicyclic amines) is 1. The van der Waals surface area contributed by atoms with Gasteiger partial charge in [-0.15, -0.1) is 0 Å². The Hall–Kier alpha value is -0.950. The highest BCUT2D eigenvalue weighted by molar-refractivity contribution is 7.91. The van der Waals surface area contributed by atoms with Gasteiger partial charge in [-0.25, -0.2) is 8.42 Å². The molecule has 2 heterocycles. The van der Waals surface area contributed by atoms with E-state index in [9.17, 15) is 8.42 Å². The summed E-state index contributed by atoms with van der Waals surface area (Å²) in [6.07, 6.45) is 6.60. The van der Waals surface area contributed by atoms with Gasteiger partial charge >= 0.3 is 0 Å². The lowest BCUT2D eigenvalue weighted by molar-refractivity contribution is 0.128. The van der Waals surface area contributed by atoms with Crippen LogP contribution in [0.4, 0.5) is 0 Å². The summed E-state index contributed by atoms with van der Waals surface area (Å²) in [6.45, 7) is 6.50. The molecule has 0 N–H and O–H groups in total. The lowest BCUT2D eigenvalue weighted by Crippen LogP contribution is -2.36. The summed E-state index contributed by atoms with van der Waals surface area (Å²) in [6, 6.07) is 0.971. The molecular weight excluding hydrogens is 314 g/mol. The van der Waals surface area contributed by atoms with Crippen LogP contribution in [0.5, 0.6) is 0 Å². The van der Waals surface area contributed by atoms with Crippen molar-refractivity contribution in [1.82, 2.24) is 15.0 Å². The van der Waals surface area contributed by atoms with E-state index in [1.165, 1.54) is 19.1 Å². The van der Waals surface area contributed by atoms with Crippen molar-refractivity contribution in [3.05, 3.63) is 11.7 Å². The zero-order valence-corrected chi connectivity index (χ0v) is 15.3. The Labute approximate surface area is 138 Å². The van der Waals surface area contributed by atoms with Gasteiger partial charge < -0.3 is 4.52 Å². The highest BCUT2D eigenvalue weighted by atomic mass is 32.2. The summed E-state index contributed by atoms with van der Waals surface area (Å²) < 4.78 is 29.3. The molecule has 1 aromatic heterocycles. The van der Waals surface area contributed by atoms with Crippen molar-refractivity contribution in [2.24, 2.45) is 0 Å². The molecule has 2 aliphatic rings. The standard InChI is InChI=1S/C16H27N3O3S/c1-11-7-8-12(2)19(11)13(3)14-17-15(18-22-14)16(23(4,20)21)9-5-6-10-16/h11-13H,5-10H2,1-4H3. The van der Waals surface area contributed by atoms with Crippen LogP contribution in [0.25, 0.3) is 0 Å². The van der Waals surface area contributed by atoms with Gasteiger partial charge in [0.15, 0.2) is 15.7 Å². The Morgan fingerprint density at radius 1 is 1.22 bits per heavy atom. The van der Waals surface area contributed by atoms with Crippen LogP contribution in [0.2, 0.25) is 0 Å². The molecule has 0 radical (unpaired) electrons. The first-order valence-electron chi connectivity index (χ1n) is 8.57. The molecule has 0 spiro atoms. The molecule has 1 aliphatic carbocycles. The zero-order valence-electron chi connectivity index (χ0n) is 14.4.